The van der Waals surface area contributed by atoms with E-state index in [0.717, 1.165) is 10.0 Å². The zero-order valence-corrected chi connectivity index (χ0v) is 13.5. The van der Waals surface area contributed by atoms with Gasteiger partial charge in [-0.3, -0.25) is 12.9 Å². The molecule has 0 fully saturated rings. The van der Waals surface area contributed by atoms with E-state index < -0.39 is 7.54 Å². The number of rotatable bonds is 2. The molecule has 108 valence electrons. The molecule has 2 aromatic carbocycles. The zero-order valence-electron chi connectivity index (χ0n) is 9.84. The van der Waals surface area contributed by atoms with Gasteiger partial charge in [0.15, 0.2) is 7.14 Å². The van der Waals surface area contributed by atoms with Crippen LogP contribution in [-0.4, -0.2) is 7.54 Å². The minimum Gasteiger partial charge on any atom is -1.00 e. The maximum absolute atomic E-state index is 9.67. The summed E-state index contributed by atoms with van der Waals surface area (Å²) in [7, 11) is -3.67. The van der Waals surface area contributed by atoms with Gasteiger partial charge in [-0.1, -0.05) is 35.3 Å². The monoisotopic (exact) mass is 436 g/mol. The highest BCUT2D eigenvalue weighted by Crippen LogP contribution is 2.06. The van der Waals surface area contributed by atoms with Crippen molar-refractivity contribution in [2.24, 2.45) is 0 Å². The molecule has 0 nitrogen and oxygen atoms in total. The van der Waals surface area contributed by atoms with Crippen LogP contribution in [0, 0.1) is 7.14 Å². The van der Waals surface area contributed by atoms with E-state index in [4.69, 9.17) is 23.2 Å². The summed E-state index contributed by atoms with van der Waals surface area (Å²) in [5.41, 5.74) is 0. The summed E-state index contributed by atoms with van der Waals surface area (Å²) in [5.74, 6) is 0. The van der Waals surface area contributed by atoms with Crippen molar-refractivity contribution in [2.75, 3.05) is 0 Å². The molecule has 20 heavy (non-hydrogen) atoms. The summed E-state index contributed by atoms with van der Waals surface area (Å²) in [5, 5.41) is 1.60. The van der Waals surface area contributed by atoms with Crippen molar-refractivity contribution in [1.82, 2.24) is 0 Å². The van der Waals surface area contributed by atoms with Crippen LogP contribution in [0.5, 0.6) is 0 Å². The van der Waals surface area contributed by atoms with Crippen molar-refractivity contribution in [1.29, 1.82) is 0 Å². The van der Waals surface area contributed by atoms with Crippen molar-refractivity contribution < 1.29 is 38.9 Å². The minimum absolute atomic E-state index is 0. The van der Waals surface area contributed by atoms with Crippen molar-refractivity contribution in [2.45, 2.75) is 0 Å². The predicted octanol–water partition coefficient (Wildman–Crippen LogP) is -0.994. The molecule has 0 N–H and O–H groups in total. The summed E-state index contributed by atoms with van der Waals surface area (Å²) in [6.45, 7) is 0. The van der Waals surface area contributed by atoms with E-state index in [1.165, 1.54) is 7.14 Å². The van der Waals surface area contributed by atoms with Crippen LogP contribution in [0.3, 0.4) is 0 Å². The van der Waals surface area contributed by atoms with E-state index >= 15 is 0 Å². The lowest BCUT2D eigenvalue weighted by molar-refractivity contribution is -0.597. The highest BCUT2D eigenvalue weighted by Gasteiger charge is 2.15. The van der Waals surface area contributed by atoms with Crippen LogP contribution in [-0.2, 0) is 0 Å². The lowest BCUT2D eigenvalue weighted by Crippen LogP contribution is -3.61. The van der Waals surface area contributed by atoms with Crippen LogP contribution in [0.1, 0.15) is 0 Å². The summed E-state index contributed by atoms with van der Waals surface area (Å²) in [6.07, 6.45) is 0. The van der Waals surface area contributed by atoms with Crippen molar-refractivity contribution in [3.05, 3.63) is 65.7 Å². The SMILES string of the molecule is Clc1cccc([I+]c2cccc(Cl)c2)c1.FB(F)F.[F-]. The number of hydrogen-bond donors (Lipinski definition) is 0. The maximum Gasteiger partial charge on any atom is 0.762 e. The van der Waals surface area contributed by atoms with Crippen LogP contribution in [0.4, 0.5) is 12.9 Å². The van der Waals surface area contributed by atoms with Gasteiger partial charge in [-0.15, -0.1) is 0 Å². The smallest absolute Gasteiger partial charge is 0.762 e. The van der Waals surface area contributed by atoms with Crippen LogP contribution < -0.4 is 25.9 Å². The Morgan fingerprint density at radius 1 is 0.800 bits per heavy atom. The highest BCUT2D eigenvalue weighted by atomic mass is 127. The highest BCUT2D eigenvalue weighted by molar-refractivity contribution is 6.33. The third-order valence-electron chi connectivity index (χ3n) is 1.79. The first kappa shape index (κ1) is 19.5. The second kappa shape index (κ2) is 10.3. The summed E-state index contributed by atoms with van der Waals surface area (Å²) in [4.78, 5) is 0. The molecule has 0 aliphatic rings. The third-order valence-corrected chi connectivity index (χ3v) is 4.85. The molecule has 8 heteroatoms. The Labute approximate surface area is 135 Å². The molecule has 0 aliphatic carbocycles. The molecule has 0 atom stereocenters. The van der Waals surface area contributed by atoms with E-state index in [1.54, 1.807) is 0 Å². The Morgan fingerprint density at radius 3 is 1.45 bits per heavy atom. The molecule has 0 heterocycles. The summed E-state index contributed by atoms with van der Waals surface area (Å²) >= 11 is 11.7. The van der Waals surface area contributed by atoms with E-state index in [2.05, 4.69) is 12.1 Å². The van der Waals surface area contributed by atoms with Crippen LogP contribution >= 0.6 is 23.2 Å². The molecule has 0 bridgehead atoms. The van der Waals surface area contributed by atoms with Gasteiger partial charge < -0.3 is 4.70 Å². The molecular formula is C12H8BCl2F4I. The van der Waals surface area contributed by atoms with Gasteiger partial charge in [0.2, 0.25) is 0 Å². The van der Waals surface area contributed by atoms with Gasteiger partial charge in [-0.05, 0) is 24.3 Å². The second-order valence-corrected chi connectivity index (χ2v) is 7.13. The Bertz CT molecular complexity index is 482. The van der Waals surface area contributed by atoms with Gasteiger partial charge in [-0.25, -0.2) is 0 Å². The topological polar surface area (TPSA) is 0 Å². The van der Waals surface area contributed by atoms with Crippen LogP contribution in [0.15, 0.2) is 48.5 Å². The second-order valence-electron chi connectivity index (χ2n) is 3.22. The molecule has 0 saturated carbocycles. The molecule has 0 aromatic heterocycles. The van der Waals surface area contributed by atoms with Gasteiger partial charge in [0, 0.05) is 22.2 Å². The minimum atomic E-state index is -3.67. The first-order chi connectivity index (χ1) is 8.97. The average Bonchev–Trinajstić information content (AvgIpc) is 2.28. The molecule has 0 unspecified atom stereocenters. The quantitative estimate of drug-likeness (QED) is 0.322. The summed E-state index contributed by atoms with van der Waals surface area (Å²) < 4.78 is 31.6. The Morgan fingerprint density at radius 2 is 1.15 bits per heavy atom. The van der Waals surface area contributed by atoms with E-state index in [9.17, 15) is 12.9 Å². The Hall–Kier alpha value is -0.465. The van der Waals surface area contributed by atoms with Gasteiger partial charge in [0.25, 0.3) is 0 Å². The van der Waals surface area contributed by atoms with Gasteiger partial charge in [-0.2, -0.15) is 0 Å². The molecule has 2 aromatic rings. The van der Waals surface area contributed by atoms with Crippen LogP contribution in [0.2, 0.25) is 10.0 Å². The molecular weight excluding hydrogens is 429 g/mol. The van der Waals surface area contributed by atoms with Crippen molar-refractivity contribution in [3.8, 4) is 0 Å². The van der Waals surface area contributed by atoms with E-state index in [1.807, 2.05) is 36.4 Å². The lowest BCUT2D eigenvalue weighted by atomic mass is 10.4. The molecule has 0 saturated heterocycles. The molecule has 2 rings (SSSR count). The molecule has 0 radical (unpaired) electrons. The van der Waals surface area contributed by atoms with Gasteiger partial charge in [0.1, 0.15) is 0 Å². The first-order valence-electron chi connectivity index (χ1n) is 5.05. The normalized spacial score (nSPS) is 9.05. The number of halogens is 7. The van der Waals surface area contributed by atoms with E-state index in [-0.39, 0.29) is 25.9 Å². The van der Waals surface area contributed by atoms with Crippen molar-refractivity contribution in [3.63, 3.8) is 0 Å². The molecule has 0 spiro atoms. The standard InChI is InChI=1S/C12H8Cl2I.BF3.FH/c13-9-3-1-5-11(7-9)15-12-6-2-4-10(14)8-12;2-1(3)4;/h1-8H;;1H/q+1;;/p-1. The Balaban J connectivity index is 0.000000644. The van der Waals surface area contributed by atoms with Crippen molar-refractivity contribution >= 4 is 30.7 Å². The maximum atomic E-state index is 9.67. The largest absolute Gasteiger partial charge is 1.00 e. The molecule has 0 amide bonds. The number of hydrogen-bond acceptors (Lipinski definition) is 0. The zero-order chi connectivity index (χ0) is 14.3. The lowest BCUT2D eigenvalue weighted by Gasteiger charge is -1.89. The third kappa shape index (κ3) is 8.66. The van der Waals surface area contributed by atoms with Crippen LogP contribution in [0.25, 0.3) is 0 Å². The van der Waals surface area contributed by atoms with E-state index in [0.29, 0.717) is 0 Å². The average molecular weight is 437 g/mol. The number of benzene rings is 2. The van der Waals surface area contributed by atoms with Gasteiger partial charge >= 0.3 is 28.7 Å². The van der Waals surface area contributed by atoms with Gasteiger partial charge in [0.05, 0.1) is 0 Å². The Kier molecular flexibility index (Phi) is 10.0. The predicted molar refractivity (Wildman–Crippen MR) is 69.4 cm³/mol. The fourth-order valence-corrected chi connectivity index (χ4v) is 4.39. The molecule has 0 aliphatic heterocycles. The first-order valence-corrected chi connectivity index (χ1v) is 7.97. The summed E-state index contributed by atoms with van der Waals surface area (Å²) in [6, 6.07) is 16.0. The fraction of sp³-hybridized carbons (Fsp3) is 0. The fourth-order valence-electron chi connectivity index (χ4n) is 1.16.